The van der Waals surface area contributed by atoms with Crippen molar-refractivity contribution >= 4 is 11.0 Å². The van der Waals surface area contributed by atoms with Gasteiger partial charge in [0.05, 0.1) is 0 Å². The molecule has 1 aromatic heterocycles. The standard InChI is InChI=1S/C9H8O.ClH/c1-7-6-8-4-2-3-5-9(8)10-7;/h2-6H,1H3;1H/p-1. The molecule has 1 aromatic carbocycles. The van der Waals surface area contributed by atoms with Crippen molar-refractivity contribution in [3.63, 3.8) is 0 Å². The van der Waals surface area contributed by atoms with E-state index in [0.717, 1.165) is 11.3 Å². The largest absolute Gasteiger partial charge is 1.00 e. The van der Waals surface area contributed by atoms with E-state index in [-0.39, 0.29) is 12.4 Å². The predicted molar refractivity (Wildman–Crippen MR) is 41.0 cm³/mol. The second-order valence-electron chi connectivity index (χ2n) is 2.39. The summed E-state index contributed by atoms with van der Waals surface area (Å²) in [6.07, 6.45) is 0. The van der Waals surface area contributed by atoms with E-state index in [1.54, 1.807) is 0 Å². The molecule has 2 heteroatoms. The van der Waals surface area contributed by atoms with Crippen LogP contribution in [0.5, 0.6) is 0 Å². The summed E-state index contributed by atoms with van der Waals surface area (Å²) in [5.74, 6) is 0.973. The molecular formula is C9H8ClO-. The van der Waals surface area contributed by atoms with Gasteiger partial charge in [-0.25, -0.2) is 0 Å². The zero-order valence-corrected chi connectivity index (χ0v) is 6.93. The summed E-state index contributed by atoms with van der Waals surface area (Å²) in [6.45, 7) is 1.96. The number of para-hydroxylation sites is 1. The van der Waals surface area contributed by atoms with Gasteiger partial charge in [0, 0.05) is 5.39 Å². The van der Waals surface area contributed by atoms with Gasteiger partial charge in [-0.3, -0.25) is 0 Å². The topological polar surface area (TPSA) is 13.1 Å². The summed E-state index contributed by atoms with van der Waals surface area (Å²) in [6, 6.07) is 10.0. The van der Waals surface area contributed by atoms with Crippen LogP contribution in [-0.4, -0.2) is 0 Å². The minimum absolute atomic E-state index is 0. The number of halogens is 1. The van der Waals surface area contributed by atoms with Gasteiger partial charge in [-0.05, 0) is 19.1 Å². The molecule has 58 valence electrons. The Morgan fingerprint density at radius 1 is 1.18 bits per heavy atom. The van der Waals surface area contributed by atoms with Gasteiger partial charge in [-0.2, -0.15) is 0 Å². The quantitative estimate of drug-likeness (QED) is 0.527. The molecule has 0 unspecified atom stereocenters. The van der Waals surface area contributed by atoms with Crippen LogP contribution in [0.25, 0.3) is 11.0 Å². The summed E-state index contributed by atoms with van der Waals surface area (Å²) in [5, 5.41) is 1.18. The van der Waals surface area contributed by atoms with E-state index in [1.807, 2.05) is 37.3 Å². The Hall–Kier alpha value is -0.950. The summed E-state index contributed by atoms with van der Waals surface area (Å²) in [5.41, 5.74) is 0.972. The van der Waals surface area contributed by atoms with E-state index in [2.05, 4.69) is 0 Å². The molecule has 0 aliphatic rings. The molecule has 1 heterocycles. The van der Waals surface area contributed by atoms with E-state index in [0.29, 0.717) is 0 Å². The van der Waals surface area contributed by atoms with Gasteiger partial charge in [0.15, 0.2) is 0 Å². The molecule has 11 heavy (non-hydrogen) atoms. The minimum atomic E-state index is 0. The van der Waals surface area contributed by atoms with Gasteiger partial charge in [0.1, 0.15) is 11.3 Å². The van der Waals surface area contributed by atoms with Crippen molar-refractivity contribution < 1.29 is 16.8 Å². The molecule has 0 fully saturated rings. The Labute approximate surface area is 71.4 Å². The number of aryl methyl sites for hydroxylation is 1. The van der Waals surface area contributed by atoms with Crippen LogP contribution >= 0.6 is 0 Å². The number of furan rings is 1. The lowest BCUT2D eigenvalue weighted by Crippen LogP contribution is -3.00. The van der Waals surface area contributed by atoms with Crippen LogP contribution in [0.3, 0.4) is 0 Å². The molecule has 0 spiro atoms. The Morgan fingerprint density at radius 2 is 1.91 bits per heavy atom. The van der Waals surface area contributed by atoms with Crippen LogP contribution in [0.15, 0.2) is 34.7 Å². The van der Waals surface area contributed by atoms with Crippen molar-refractivity contribution in [2.45, 2.75) is 6.92 Å². The predicted octanol–water partition coefficient (Wildman–Crippen LogP) is -0.255. The van der Waals surface area contributed by atoms with Crippen LogP contribution in [0.4, 0.5) is 0 Å². The second-order valence-corrected chi connectivity index (χ2v) is 2.39. The third-order valence-corrected chi connectivity index (χ3v) is 1.55. The summed E-state index contributed by atoms with van der Waals surface area (Å²) in [4.78, 5) is 0. The average molecular weight is 168 g/mol. The third-order valence-electron chi connectivity index (χ3n) is 1.55. The molecule has 1 nitrogen and oxygen atoms in total. The van der Waals surface area contributed by atoms with Crippen molar-refractivity contribution in [1.82, 2.24) is 0 Å². The van der Waals surface area contributed by atoms with Gasteiger partial charge in [0.25, 0.3) is 0 Å². The van der Waals surface area contributed by atoms with Gasteiger partial charge >= 0.3 is 0 Å². The fourth-order valence-corrected chi connectivity index (χ4v) is 1.11. The van der Waals surface area contributed by atoms with E-state index in [4.69, 9.17) is 4.42 Å². The molecule has 2 aromatic rings. The third kappa shape index (κ3) is 1.38. The Morgan fingerprint density at radius 3 is 2.64 bits per heavy atom. The van der Waals surface area contributed by atoms with E-state index < -0.39 is 0 Å². The molecule has 0 aliphatic heterocycles. The maximum absolute atomic E-state index is 5.37. The van der Waals surface area contributed by atoms with Gasteiger partial charge < -0.3 is 16.8 Å². The maximum atomic E-state index is 5.37. The lowest BCUT2D eigenvalue weighted by Gasteiger charge is -1.82. The van der Waals surface area contributed by atoms with Crippen molar-refractivity contribution in [3.05, 3.63) is 36.1 Å². The van der Waals surface area contributed by atoms with Crippen LogP contribution < -0.4 is 12.4 Å². The van der Waals surface area contributed by atoms with E-state index in [1.165, 1.54) is 5.39 Å². The normalized spacial score (nSPS) is 9.55. The van der Waals surface area contributed by atoms with Crippen molar-refractivity contribution in [2.75, 3.05) is 0 Å². The Bertz CT molecular complexity index is 318. The first-order chi connectivity index (χ1) is 4.86. The summed E-state index contributed by atoms with van der Waals surface area (Å²) >= 11 is 0. The summed E-state index contributed by atoms with van der Waals surface area (Å²) in [7, 11) is 0. The molecule has 0 saturated carbocycles. The minimum Gasteiger partial charge on any atom is -1.00 e. The fourth-order valence-electron chi connectivity index (χ4n) is 1.11. The van der Waals surface area contributed by atoms with Gasteiger partial charge in [0.2, 0.25) is 0 Å². The highest BCUT2D eigenvalue weighted by molar-refractivity contribution is 5.77. The highest BCUT2D eigenvalue weighted by atomic mass is 35.5. The first-order valence-electron chi connectivity index (χ1n) is 3.31. The fraction of sp³-hybridized carbons (Fsp3) is 0.111. The smallest absolute Gasteiger partial charge is 0.134 e. The van der Waals surface area contributed by atoms with Crippen molar-refractivity contribution in [1.29, 1.82) is 0 Å². The second kappa shape index (κ2) is 2.97. The van der Waals surface area contributed by atoms with Gasteiger partial charge in [-0.15, -0.1) is 0 Å². The molecule has 0 saturated heterocycles. The zero-order chi connectivity index (χ0) is 6.97. The molecule has 0 bridgehead atoms. The van der Waals surface area contributed by atoms with Crippen molar-refractivity contribution in [3.8, 4) is 0 Å². The Kier molecular flexibility index (Phi) is 2.20. The van der Waals surface area contributed by atoms with Crippen LogP contribution in [-0.2, 0) is 0 Å². The average Bonchev–Trinajstić information content (AvgIpc) is 2.27. The maximum Gasteiger partial charge on any atom is 0.134 e. The van der Waals surface area contributed by atoms with Gasteiger partial charge in [-0.1, -0.05) is 18.2 Å². The monoisotopic (exact) mass is 167 g/mol. The summed E-state index contributed by atoms with van der Waals surface area (Å²) < 4.78 is 5.37. The molecule has 0 atom stereocenters. The van der Waals surface area contributed by atoms with Crippen LogP contribution in [0.1, 0.15) is 5.76 Å². The van der Waals surface area contributed by atoms with E-state index >= 15 is 0 Å². The molecule has 2 rings (SSSR count). The highest BCUT2D eigenvalue weighted by Crippen LogP contribution is 2.17. The first kappa shape index (κ1) is 8.15. The SMILES string of the molecule is Cc1cc2ccccc2o1.[Cl-]. The number of fused-ring (bicyclic) bond motifs is 1. The van der Waals surface area contributed by atoms with Crippen LogP contribution in [0, 0.1) is 6.92 Å². The molecular weight excluding hydrogens is 160 g/mol. The lowest BCUT2D eigenvalue weighted by atomic mass is 10.2. The van der Waals surface area contributed by atoms with Crippen molar-refractivity contribution in [2.24, 2.45) is 0 Å². The molecule has 0 amide bonds. The molecule has 0 N–H and O–H groups in total. The molecule has 0 radical (unpaired) electrons. The number of rotatable bonds is 0. The number of hydrogen-bond donors (Lipinski definition) is 0. The Balaban J connectivity index is 0.000000605. The lowest BCUT2D eigenvalue weighted by molar-refractivity contribution is -0.00000266. The van der Waals surface area contributed by atoms with E-state index in [9.17, 15) is 0 Å². The number of benzene rings is 1. The number of hydrogen-bond acceptors (Lipinski definition) is 1. The van der Waals surface area contributed by atoms with Crippen LogP contribution in [0.2, 0.25) is 0 Å². The molecule has 0 aliphatic carbocycles. The first-order valence-corrected chi connectivity index (χ1v) is 3.31. The zero-order valence-electron chi connectivity index (χ0n) is 6.17. The highest BCUT2D eigenvalue weighted by Gasteiger charge is 1.95.